The SMILES string of the molecule is O=c1cc(I)cnn1CCN1CCCC1. The summed E-state index contributed by atoms with van der Waals surface area (Å²) in [6, 6.07) is 1.62. The monoisotopic (exact) mass is 319 g/mol. The van der Waals surface area contributed by atoms with Crippen LogP contribution in [0.2, 0.25) is 0 Å². The molecule has 0 amide bonds. The Hall–Kier alpha value is -0.430. The van der Waals surface area contributed by atoms with Crippen molar-refractivity contribution in [2.24, 2.45) is 0 Å². The zero-order valence-electron chi connectivity index (χ0n) is 8.53. The van der Waals surface area contributed by atoms with Crippen molar-refractivity contribution in [2.45, 2.75) is 19.4 Å². The lowest BCUT2D eigenvalue weighted by Gasteiger charge is -2.14. The van der Waals surface area contributed by atoms with E-state index in [1.165, 1.54) is 25.9 Å². The average Bonchev–Trinajstić information content (AvgIpc) is 2.69. The number of rotatable bonds is 3. The molecule has 15 heavy (non-hydrogen) atoms. The zero-order valence-corrected chi connectivity index (χ0v) is 10.7. The molecule has 1 aliphatic heterocycles. The van der Waals surface area contributed by atoms with Crippen LogP contribution < -0.4 is 5.56 Å². The Morgan fingerprint density at radius 2 is 2.07 bits per heavy atom. The molecule has 1 aromatic heterocycles. The summed E-state index contributed by atoms with van der Waals surface area (Å²) < 4.78 is 2.44. The molecule has 0 aliphatic carbocycles. The molecule has 0 bridgehead atoms. The molecule has 0 saturated carbocycles. The van der Waals surface area contributed by atoms with Gasteiger partial charge in [-0.2, -0.15) is 5.10 Å². The van der Waals surface area contributed by atoms with Crippen LogP contribution in [0, 0.1) is 3.57 Å². The lowest BCUT2D eigenvalue weighted by atomic mass is 10.4. The molecule has 2 rings (SSSR count). The van der Waals surface area contributed by atoms with Gasteiger partial charge in [-0.25, -0.2) is 4.68 Å². The third-order valence-corrected chi connectivity index (χ3v) is 3.25. The molecule has 5 heteroatoms. The molecular formula is C10H14IN3O. The Labute approximate surface area is 102 Å². The van der Waals surface area contributed by atoms with E-state index in [1.807, 2.05) is 0 Å². The van der Waals surface area contributed by atoms with Crippen LogP contribution in [0.5, 0.6) is 0 Å². The highest BCUT2D eigenvalue weighted by atomic mass is 127. The Morgan fingerprint density at radius 1 is 1.33 bits per heavy atom. The third kappa shape index (κ3) is 3.01. The van der Waals surface area contributed by atoms with E-state index in [4.69, 9.17) is 0 Å². The molecule has 4 nitrogen and oxygen atoms in total. The van der Waals surface area contributed by atoms with Crippen LogP contribution in [0.25, 0.3) is 0 Å². The van der Waals surface area contributed by atoms with Gasteiger partial charge in [-0.15, -0.1) is 0 Å². The highest BCUT2D eigenvalue weighted by Gasteiger charge is 2.11. The Morgan fingerprint density at radius 3 is 2.73 bits per heavy atom. The van der Waals surface area contributed by atoms with Crippen LogP contribution in [0.4, 0.5) is 0 Å². The molecule has 0 N–H and O–H groups in total. The molecule has 2 heterocycles. The smallest absolute Gasteiger partial charge is 0.267 e. The number of nitrogens with zero attached hydrogens (tertiary/aromatic N) is 3. The van der Waals surface area contributed by atoms with Crippen LogP contribution in [0.1, 0.15) is 12.8 Å². The minimum Gasteiger partial charge on any atom is -0.301 e. The van der Waals surface area contributed by atoms with E-state index < -0.39 is 0 Å². The lowest BCUT2D eigenvalue weighted by molar-refractivity contribution is 0.312. The van der Waals surface area contributed by atoms with E-state index in [0.29, 0.717) is 6.54 Å². The normalized spacial score (nSPS) is 17.1. The van der Waals surface area contributed by atoms with E-state index >= 15 is 0 Å². The van der Waals surface area contributed by atoms with E-state index in [9.17, 15) is 4.79 Å². The highest BCUT2D eigenvalue weighted by Crippen LogP contribution is 2.06. The summed E-state index contributed by atoms with van der Waals surface area (Å²) in [5, 5.41) is 4.11. The number of halogens is 1. The van der Waals surface area contributed by atoms with Crippen molar-refractivity contribution >= 4 is 22.6 Å². The maximum atomic E-state index is 11.5. The zero-order chi connectivity index (χ0) is 10.7. The summed E-state index contributed by atoms with van der Waals surface area (Å²) in [4.78, 5) is 13.9. The van der Waals surface area contributed by atoms with E-state index in [-0.39, 0.29) is 5.56 Å². The minimum atomic E-state index is 0.00102. The summed E-state index contributed by atoms with van der Waals surface area (Å²) in [6.07, 6.45) is 4.30. The summed E-state index contributed by atoms with van der Waals surface area (Å²) in [7, 11) is 0. The maximum absolute atomic E-state index is 11.5. The largest absolute Gasteiger partial charge is 0.301 e. The number of hydrogen-bond acceptors (Lipinski definition) is 3. The van der Waals surface area contributed by atoms with Gasteiger partial charge >= 0.3 is 0 Å². The molecule has 0 radical (unpaired) electrons. The third-order valence-electron chi connectivity index (χ3n) is 2.66. The fourth-order valence-electron chi connectivity index (χ4n) is 1.82. The van der Waals surface area contributed by atoms with Crippen LogP contribution in [-0.4, -0.2) is 34.3 Å². The molecule has 0 aromatic carbocycles. The summed E-state index contributed by atoms with van der Waals surface area (Å²) in [5.41, 5.74) is 0.00102. The number of likely N-dealkylation sites (tertiary alicyclic amines) is 1. The predicted molar refractivity (Wildman–Crippen MR) is 66.9 cm³/mol. The molecule has 1 saturated heterocycles. The van der Waals surface area contributed by atoms with Crippen LogP contribution in [0.3, 0.4) is 0 Å². The fraction of sp³-hybridized carbons (Fsp3) is 0.600. The van der Waals surface area contributed by atoms with Gasteiger partial charge in [0.2, 0.25) is 0 Å². The van der Waals surface area contributed by atoms with Gasteiger partial charge in [0.15, 0.2) is 0 Å². The molecule has 1 fully saturated rings. The van der Waals surface area contributed by atoms with Gasteiger partial charge in [-0.3, -0.25) is 4.79 Å². The first-order valence-corrected chi connectivity index (χ1v) is 6.28. The second-order valence-electron chi connectivity index (χ2n) is 3.78. The standard InChI is InChI=1S/C10H14IN3O/c11-9-7-10(15)14(12-8-9)6-5-13-3-1-2-4-13/h7-8H,1-6H2. The van der Waals surface area contributed by atoms with Crippen molar-refractivity contribution in [1.82, 2.24) is 14.7 Å². The number of hydrogen-bond donors (Lipinski definition) is 0. The Balaban J connectivity index is 1.95. The molecule has 82 valence electrons. The molecule has 1 aromatic rings. The van der Waals surface area contributed by atoms with Crippen LogP contribution >= 0.6 is 22.6 Å². The van der Waals surface area contributed by atoms with Gasteiger partial charge in [0.05, 0.1) is 12.7 Å². The Kier molecular flexibility index (Phi) is 3.74. The number of aromatic nitrogens is 2. The quantitative estimate of drug-likeness (QED) is 0.779. The van der Waals surface area contributed by atoms with Crippen molar-refractivity contribution in [3.05, 3.63) is 26.2 Å². The van der Waals surface area contributed by atoms with Gasteiger partial charge in [0, 0.05) is 16.2 Å². The fourth-order valence-corrected chi connectivity index (χ4v) is 2.21. The highest BCUT2D eigenvalue weighted by molar-refractivity contribution is 14.1. The second kappa shape index (κ2) is 5.07. The van der Waals surface area contributed by atoms with Crippen molar-refractivity contribution in [3.63, 3.8) is 0 Å². The first kappa shape index (κ1) is 11.1. The first-order chi connectivity index (χ1) is 7.25. The van der Waals surface area contributed by atoms with Gasteiger partial charge in [-0.05, 0) is 48.5 Å². The van der Waals surface area contributed by atoms with Crippen LogP contribution in [0.15, 0.2) is 17.1 Å². The van der Waals surface area contributed by atoms with Gasteiger partial charge < -0.3 is 4.90 Å². The predicted octanol–water partition coefficient (Wildman–Crippen LogP) is 0.944. The van der Waals surface area contributed by atoms with E-state index in [0.717, 1.165) is 10.1 Å². The van der Waals surface area contributed by atoms with Crippen LogP contribution in [-0.2, 0) is 6.54 Å². The van der Waals surface area contributed by atoms with Gasteiger partial charge in [-0.1, -0.05) is 0 Å². The van der Waals surface area contributed by atoms with Crippen molar-refractivity contribution in [2.75, 3.05) is 19.6 Å². The topological polar surface area (TPSA) is 38.1 Å². The summed E-state index contributed by atoms with van der Waals surface area (Å²) in [6.45, 7) is 3.97. The summed E-state index contributed by atoms with van der Waals surface area (Å²) in [5.74, 6) is 0. The van der Waals surface area contributed by atoms with Gasteiger partial charge in [0.1, 0.15) is 0 Å². The Bertz CT molecular complexity index is 384. The second-order valence-corrected chi connectivity index (χ2v) is 5.03. The molecule has 0 unspecified atom stereocenters. The van der Waals surface area contributed by atoms with Crippen molar-refractivity contribution < 1.29 is 0 Å². The average molecular weight is 319 g/mol. The summed E-state index contributed by atoms with van der Waals surface area (Å²) >= 11 is 2.10. The molecular weight excluding hydrogens is 305 g/mol. The van der Waals surface area contributed by atoms with E-state index in [1.54, 1.807) is 16.9 Å². The molecule has 1 aliphatic rings. The van der Waals surface area contributed by atoms with Gasteiger partial charge in [0.25, 0.3) is 5.56 Å². The van der Waals surface area contributed by atoms with Crippen molar-refractivity contribution in [3.8, 4) is 0 Å². The molecule has 0 spiro atoms. The first-order valence-electron chi connectivity index (χ1n) is 5.21. The van der Waals surface area contributed by atoms with E-state index in [2.05, 4.69) is 32.6 Å². The minimum absolute atomic E-state index is 0.00102. The lowest BCUT2D eigenvalue weighted by Crippen LogP contribution is -2.30. The molecule has 0 atom stereocenters. The van der Waals surface area contributed by atoms with Crippen molar-refractivity contribution in [1.29, 1.82) is 0 Å². The maximum Gasteiger partial charge on any atom is 0.267 e.